The molecule has 5 heteroatoms. The van der Waals surface area contributed by atoms with Gasteiger partial charge in [-0.05, 0) is 55.4 Å². The van der Waals surface area contributed by atoms with Crippen molar-refractivity contribution in [3.8, 4) is 0 Å². The monoisotopic (exact) mass is 360 g/mol. The summed E-state index contributed by atoms with van der Waals surface area (Å²) in [7, 11) is 0. The van der Waals surface area contributed by atoms with E-state index in [2.05, 4.69) is 6.92 Å². The van der Waals surface area contributed by atoms with E-state index in [-0.39, 0.29) is 41.2 Å². The molecular formula is C21H28O5. The third-order valence-corrected chi connectivity index (χ3v) is 8.41. The zero-order valence-corrected chi connectivity index (χ0v) is 15.6. The van der Waals surface area contributed by atoms with Gasteiger partial charge in [-0.25, -0.2) is 0 Å². The van der Waals surface area contributed by atoms with Crippen molar-refractivity contribution in [1.82, 2.24) is 0 Å². The molecule has 0 spiro atoms. The number of Topliss-reactive ketones (excluding diaryl/α,β-unsaturated/α-hetero) is 2. The lowest BCUT2D eigenvalue weighted by molar-refractivity contribution is -0.170. The van der Waals surface area contributed by atoms with E-state index < -0.39 is 23.4 Å². The lowest BCUT2D eigenvalue weighted by Gasteiger charge is -2.57. The molecule has 0 saturated heterocycles. The number of rotatable bonds is 2. The third kappa shape index (κ3) is 2.07. The number of hydrogen-bond donors (Lipinski definition) is 2. The van der Waals surface area contributed by atoms with E-state index in [1.807, 2.05) is 6.92 Å². The van der Waals surface area contributed by atoms with Gasteiger partial charge < -0.3 is 10.2 Å². The minimum atomic E-state index is -1.60. The fourth-order valence-electron chi connectivity index (χ4n) is 6.98. The van der Waals surface area contributed by atoms with Gasteiger partial charge in [0.05, 0.1) is 0 Å². The van der Waals surface area contributed by atoms with Crippen molar-refractivity contribution < 1.29 is 24.6 Å². The molecule has 3 unspecified atom stereocenters. The Kier molecular flexibility index (Phi) is 3.88. The van der Waals surface area contributed by atoms with Crippen LogP contribution < -0.4 is 0 Å². The molecule has 26 heavy (non-hydrogen) atoms. The second-order valence-electron chi connectivity index (χ2n) is 9.38. The number of carbonyl (C=O) groups is 3. The first kappa shape index (κ1) is 18.1. The lowest BCUT2D eigenvalue weighted by Crippen LogP contribution is -2.60. The Morgan fingerprint density at radius 1 is 1.19 bits per heavy atom. The highest BCUT2D eigenvalue weighted by molar-refractivity contribution is 5.94. The van der Waals surface area contributed by atoms with E-state index in [0.717, 1.165) is 18.4 Å². The quantitative estimate of drug-likeness (QED) is 0.786. The molecule has 0 radical (unpaired) electrons. The molecule has 0 aliphatic heterocycles. The number of hydrogen-bond acceptors (Lipinski definition) is 5. The number of aliphatic hydroxyl groups is 2. The largest absolute Gasteiger partial charge is 0.388 e. The number of carbonyl (C=O) groups excluding carboxylic acids is 3. The molecule has 142 valence electrons. The molecule has 0 aromatic carbocycles. The van der Waals surface area contributed by atoms with Gasteiger partial charge >= 0.3 is 0 Å². The minimum absolute atomic E-state index is 0.0988. The summed E-state index contributed by atoms with van der Waals surface area (Å²) in [5.74, 6) is -0.172. The average Bonchev–Trinajstić information content (AvgIpc) is 2.86. The van der Waals surface area contributed by atoms with Gasteiger partial charge in [0, 0.05) is 24.2 Å². The highest BCUT2D eigenvalue weighted by Gasteiger charge is 2.68. The number of allylic oxidation sites excluding steroid dienone is 1. The molecule has 4 aliphatic carbocycles. The Balaban J connectivity index is 1.75. The molecule has 2 N–H and O–H groups in total. The van der Waals surface area contributed by atoms with E-state index in [4.69, 9.17) is 0 Å². The number of aliphatic hydroxyl groups excluding tert-OH is 1. The molecule has 4 aliphatic rings. The topological polar surface area (TPSA) is 91.7 Å². The highest BCUT2D eigenvalue weighted by Crippen LogP contribution is 2.66. The van der Waals surface area contributed by atoms with Gasteiger partial charge in [0.25, 0.3) is 0 Å². The number of ketones is 3. The molecule has 6 atom stereocenters. The Morgan fingerprint density at radius 2 is 1.92 bits per heavy atom. The summed E-state index contributed by atoms with van der Waals surface area (Å²) in [5, 5.41) is 20.5. The van der Waals surface area contributed by atoms with Crippen LogP contribution >= 0.6 is 0 Å². The second kappa shape index (κ2) is 5.59. The van der Waals surface area contributed by atoms with Gasteiger partial charge in [-0.3, -0.25) is 14.4 Å². The van der Waals surface area contributed by atoms with Crippen LogP contribution in [0.25, 0.3) is 0 Å². The molecule has 5 nitrogen and oxygen atoms in total. The zero-order chi connectivity index (χ0) is 18.9. The van der Waals surface area contributed by atoms with E-state index >= 15 is 0 Å². The third-order valence-electron chi connectivity index (χ3n) is 8.41. The molecule has 3 fully saturated rings. The fraction of sp³-hybridized carbons (Fsp3) is 0.762. The van der Waals surface area contributed by atoms with Crippen molar-refractivity contribution in [1.29, 1.82) is 0 Å². The van der Waals surface area contributed by atoms with Crippen LogP contribution in [0.5, 0.6) is 0 Å². The van der Waals surface area contributed by atoms with Crippen LogP contribution in [-0.4, -0.2) is 39.8 Å². The fourth-order valence-corrected chi connectivity index (χ4v) is 6.98. The average molecular weight is 360 g/mol. The second-order valence-corrected chi connectivity index (χ2v) is 9.38. The first-order valence-corrected chi connectivity index (χ1v) is 9.80. The van der Waals surface area contributed by atoms with Crippen molar-refractivity contribution in [2.45, 2.75) is 64.4 Å². The minimum Gasteiger partial charge on any atom is -0.388 e. The van der Waals surface area contributed by atoms with E-state index in [1.54, 1.807) is 6.08 Å². The Labute approximate surface area is 153 Å². The molecule has 0 aromatic rings. The summed E-state index contributed by atoms with van der Waals surface area (Å²) >= 11 is 0. The molecule has 3 saturated carbocycles. The maximum atomic E-state index is 13.3. The van der Waals surface area contributed by atoms with Crippen LogP contribution in [0.3, 0.4) is 0 Å². The van der Waals surface area contributed by atoms with Crippen LogP contribution in [-0.2, 0) is 14.4 Å². The molecule has 0 aromatic heterocycles. The van der Waals surface area contributed by atoms with Gasteiger partial charge in [0.2, 0.25) is 0 Å². The predicted octanol–water partition coefficient (Wildman–Crippen LogP) is 1.99. The van der Waals surface area contributed by atoms with Crippen molar-refractivity contribution in [2.24, 2.45) is 28.6 Å². The van der Waals surface area contributed by atoms with Crippen molar-refractivity contribution >= 4 is 17.3 Å². The van der Waals surface area contributed by atoms with Crippen molar-refractivity contribution in [3.63, 3.8) is 0 Å². The van der Waals surface area contributed by atoms with Crippen molar-refractivity contribution in [3.05, 3.63) is 11.6 Å². The predicted molar refractivity (Wildman–Crippen MR) is 94.1 cm³/mol. The maximum absolute atomic E-state index is 13.3. The van der Waals surface area contributed by atoms with Crippen LogP contribution in [0, 0.1) is 28.6 Å². The smallest absolute Gasteiger partial charge is 0.190 e. The molecular weight excluding hydrogens is 332 g/mol. The summed E-state index contributed by atoms with van der Waals surface area (Å²) in [5.41, 5.74) is -1.55. The Bertz CT molecular complexity index is 724. The maximum Gasteiger partial charge on any atom is 0.190 e. The summed E-state index contributed by atoms with van der Waals surface area (Å²) in [6, 6.07) is 0. The van der Waals surface area contributed by atoms with E-state index in [1.165, 1.54) is 0 Å². The van der Waals surface area contributed by atoms with Gasteiger partial charge in [0.15, 0.2) is 11.6 Å². The molecule has 0 bridgehead atoms. The van der Waals surface area contributed by atoms with E-state index in [0.29, 0.717) is 25.7 Å². The van der Waals surface area contributed by atoms with Crippen molar-refractivity contribution in [2.75, 3.05) is 6.61 Å². The summed E-state index contributed by atoms with van der Waals surface area (Å²) in [4.78, 5) is 37.5. The van der Waals surface area contributed by atoms with Crippen LogP contribution in [0.1, 0.15) is 58.8 Å². The normalized spacial score (nSPS) is 47.7. The van der Waals surface area contributed by atoms with Crippen LogP contribution in [0.15, 0.2) is 11.6 Å². The Hall–Kier alpha value is -1.33. The van der Waals surface area contributed by atoms with Gasteiger partial charge in [-0.15, -0.1) is 0 Å². The summed E-state index contributed by atoms with van der Waals surface area (Å²) in [6.45, 7) is 3.31. The zero-order valence-electron chi connectivity index (χ0n) is 15.6. The number of fused-ring (bicyclic) bond motifs is 5. The lowest BCUT2D eigenvalue weighted by atomic mass is 9.46. The first-order valence-electron chi connectivity index (χ1n) is 9.80. The Morgan fingerprint density at radius 3 is 2.62 bits per heavy atom. The molecule has 0 heterocycles. The molecule has 4 rings (SSSR count). The highest BCUT2D eigenvalue weighted by atomic mass is 16.3. The van der Waals surface area contributed by atoms with Gasteiger partial charge in [-0.1, -0.05) is 19.4 Å². The van der Waals surface area contributed by atoms with Crippen LogP contribution in [0.4, 0.5) is 0 Å². The molecule has 0 amide bonds. The van der Waals surface area contributed by atoms with Gasteiger partial charge in [0.1, 0.15) is 18.0 Å². The van der Waals surface area contributed by atoms with Gasteiger partial charge in [-0.2, -0.15) is 0 Å². The standard InChI is InChI=1S/C21H28O5/c1-19-7-5-13(23)9-12(19)3-4-14-15-6-8-21(26,17(25)11-22)20(15,2)10-16(24)18(14)19/h9,14-15,18,22,26H,3-8,10-11H2,1-2H3/t14?,15?,18?,19-,20+,21-/m0/s1. The SMILES string of the molecule is C[C@]12CCC(=O)C=C1CCC1C2C(=O)C[C@]2(C)C1CC[C@]2(O)C(=O)CO. The van der Waals surface area contributed by atoms with E-state index in [9.17, 15) is 24.6 Å². The first-order chi connectivity index (χ1) is 12.2. The van der Waals surface area contributed by atoms with Crippen LogP contribution in [0.2, 0.25) is 0 Å². The summed E-state index contributed by atoms with van der Waals surface area (Å²) in [6.07, 6.45) is 5.83. The summed E-state index contributed by atoms with van der Waals surface area (Å²) < 4.78 is 0.